The fourth-order valence-corrected chi connectivity index (χ4v) is 1.75. The third-order valence-corrected chi connectivity index (χ3v) is 2.62. The van der Waals surface area contributed by atoms with E-state index >= 15 is 0 Å². The van der Waals surface area contributed by atoms with Crippen LogP contribution >= 0.6 is 11.6 Å². The van der Waals surface area contributed by atoms with Crippen molar-refractivity contribution in [1.29, 1.82) is 0 Å². The molecule has 7 heteroatoms. The number of nitrogens with zero attached hydrogens (tertiary/aromatic N) is 2. The second-order valence-electron chi connectivity index (χ2n) is 3.68. The Morgan fingerprint density at radius 2 is 2.33 bits per heavy atom. The van der Waals surface area contributed by atoms with Crippen LogP contribution < -0.4 is 5.32 Å². The molecule has 1 heterocycles. The first kappa shape index (κ1) is 12.4. The van der Waals surface area contributed by atoms with Crippen LogP contribution in [0.2, 0.25) is 5.02 Å². The molecule has 0 radical (unpaired) electrons. The number of para-hydroxylation sites is 1. The first-order valence-electron chi connectivity index (χ1n) is 5.17. The first-order valence-corrected chi connectivity index (χ1v) is 5.54. The summed E-state index contributed by atoms with van der Waals surface area (Å²) in [6.45, 7) is 2.08. The molecule has 0 aliphatic heterocycles. The number of nitrogens with one attached hydrogen (secondary N) is 1. The molecule has 0 fully saturated rings. The summed E-state index contributed by atoms with van der Waals surface area (Å²) >= 11 is 5.93. The Morgan fingerprint density at radius 3 is 2.94 bits per heavy atom. The zero-order valence-corrected chi connectivity index (χ0v) is 10.3. The summed E-state index contributed by atoms with van der Waals surface area (Å²) < 4.78 is 5.00. The molecule has 1 aromatic heterocycles. The number of halogens is 1. The van der Waals surface area contributed by atoms with Gasteiger partial charge in [0.15, 0.2) is 5.76 Å². The maximum absolute atomic E-state index is 10.9. The molecule has 0 amide bonds. The van der Waals surface area contributed by atoms with Gasteiger partial charge in [-0.2, -0.15) is 0 Å². The number of aryl methyl sites for hydroxylation is 1. The summed E-state index contributed by atoms with van der Waals surface area (Å²) in [5.41, 5.74) is 0.956. The van der Waals surface area contributed by atoms with Crippen LogP contribution in [0.1, 0.15) is 11.5 Å². The van der Waals surface area contributed by atoms with Gasteiger partial charge in [0.2, 0.25) is 0 Å². The van der Waals surface area contributed by atoms with E-state index in [0.717, 1.165) is 5.69 Å². The molecular formula is C11H10ClN3O3. The van der Waals surface area contributed by atoms with Crippen LogP contribution in [0, 0.1) is 17.0 Å². The van der Waals surface area contributed by atoms with Crippen LogP contribution in [-0.4, -0.2) is 10.1 Å². The summed E-state index contributed by atoms with van der Waals surface area (Å²) in [4.78, 5) is 10.4. The van der Waals surface area contributed by atoms with Gasteiger partial charge in [0.25, 0.3) is 5.69 Å². The predicted molar refractivity (Wildman–Crippen MR) is 66.7 cm³/mol. The van der Waals surface area contributed by atoms with Crippen molar-refractivity contribution >= 4 is 23.0 Å². The van der Waals surface area contributed by atoms with Crippen LogP contribution in [0.4, 0.5) is 11.4 Å². The van der Waals surface area contributed by atoms with Gasteiger partial charge in [0.1, 0.15) is 5.69 Å². The Labute approximate surface area is 108 Å². The Kier molecular flexibility index (Phi) is 3.47. The number of nitro groups is 1. The van der Waals surface area contributed by atoms with Gasteiger partial charge in [-0.05, 0) is 13.0 Å². The molecule has 0 unspecified atom stereocenters. The van der Waals surface area contributed by atoms with Crippen LogP contribution in [0.15, 0.2) is 28.8 Å². The number of aromatic nitrogens is 1. The van der Waals surface area contributed by atoms with E-state index < -0.39 is 4.92 Å². The van der Waals surface area contributed by atoms with E-state index in [0.29, 0.717) is 10.8 Å². The number of nitro benzene ring substituents is 1. The number of benzene rings is 1. The lowest BCUT2D eigenvalue weighted by molar-refractivity contribution is -0.384. The van der Waals surface area contributed by atoms with E-state index in [4.69, 9.17) is 16.1 Å². The molecule has 94 valence electrons. The van der Waals surface area contributed by atoms with Crippen molar-refractivity contribution in [2.24, 2.45) is 0 Å². The van der Waals surface area contributed by atoms with Gasteiger partial charge in [0.05, 0.1) is 22.2 Å². The van der Waals surface area contributed by atoms with Crippen molar-refractivity contribution in [2.45, 2.75) is 13.5 Å². The van der Waals surface area contributed by atoms with Crippen molar-refractivity contribution < 1.29 is 9.45 Å². The Hall–Kier alpha value is -2.08. The highest BCUT2D eigenvalue weighted by Crippen LogP contribution is 2.32. The molecule has 0 atom stereocenters. The van der Waals surface area contributed by atoms with E-state index in [2.05, 4.69) is 10.5 Å². The number of rotatable bonds is 4. The Balaban J connectivity index is 2.20. The fourth-order valence-electron chi connectivity index (χ4n) is 1.52. The lowest BCUT2D eigenvalue weighted by Gasteiger charge is -2.06. The van der Waals surface area contributed by atoms with Gasteiger partial charge < -0.3 is 9.84 Å². The van der Waals surface area contributed by atoms with Crippen molar-refractivity contribution in [1.82, 2.24) is 5.16 Å². The van der Waals surface area contributed by atoms with Crippen LogP contribution in [0.25, 0.3) is 0 Å². The summed E-state index contributed by atoms with van der Waals surface area (Å²) in [5.74, 6) is 0.585. The van der Waals surface area contributed by atoms with Crippen molar-refractivity contribution in [3.63, 3.8) is 0 Å². The average Bonchev–Trinajstić information content (AvgIpc) is 2.73. The number of hydrogen-bond acceptors (Lipinski definition) is 5. The summed E-state index contributed by atoms with van der Waals surface area (Å²) in [5, 5.41) is 17.8. The molecule has 0 spiro atoms. The molecule has 0 bridgehead atoms. The molecule has 18 heavy (non-hydrogen) atoms. The number of anilines is 1. The molecule has 2 aromatic rings. The third kappa shape index (κ3) is 2.60. The molecule has 0 aliphatic carbocycles. The molecule has 0 aliphatic rings. The Bertz CT molecular complexity index is 583. The largest absolute Gasteiger partial charge is 0.371 e. The molecule has 6 nitrogen and oxygen atoms in total. The molecule has 0 saturated heterocycles. The normalized spacial score (nSPS) is 10.3. The molecular weight excluding hydrogens is 258 g/mol. The highest BCUT2D eigenvalue weighted by Gasteiger charge is 2.16. The highest BCUT2D eigenvalue weighted by atomic mass is 35.5. The quantitative estimate of drug-likeness (QED) is 0.680. The van der Waals surface area contributed by atoms with E-state index in [1.807, 2.05) is 0 Å². The van der Waals surface area contributed by atoms with E-state index in [1.54, 1.807) is 19.1 Å². The van der Waals surface area contributed by atoms with E-state index in [9.17, 15) is 10.1 Å². The predicted octanol–water partition coefficient (Wildman–Crippen LogP) is 3.16. The van der Waals surface area contributed by atoms with Gasteiger partial charge >= 0.3 is 0 Å². The summed E-state index contributed by atoms with van der Waals surface area (Å²) in [6, 6.07) is 6.25. The van der Waals surface area contributed by atoms with Gasteiger partial charge in [-0.25, -0.2) is 0 Å². The second kappa shape index (κ2) is 5.05. The molecule has 0 saturated carbocycles. The minimum atomic E-state index is -0.486. The van der Waals surface area contributed by atoms with Crippen molar-refractivity contribution in [3.05, 3.63) is 50.9 Å². The monoisotopic (exact) mass is 267 g/mol. The molecule has 1 N–H and O–H groups in total. The van der Waals surface area contributed by atoms with Gasteiger partial charge in [0, 0.05) is 12.1 Å². The van der Waals surface area contributed by atoms with Crippen molar-refractivity contribution in [3.8, 4) is 0 Å². The van der Waals surface area contributed by atoms with E-state index in [1.165, 1.54) is 12.1 Å². The van der Waals surface area contributed by atoms with Gasteiger partial charge in [-0.15, -0.1) is 0 Å². The lowest BCUT2D eigenvalue weighted by Crippen LogP contribution is -2.02. The highest BCUT2D eigenvalue weighted by molar-refractivity contribution is 6.33. The van der Waals surface area contributed by atoms with Gasteiger partial charge in [-0.3, -0.25) is 10.1 Å². The minimum absolute atomic E-state index is 0.0706. The standard InChI is InChI=1S/C11H10ClN3O3/c1-7-5-8(18-14-7)6-13-11-9(12)3-2-4-10(11)15(16)17/h2-5,13H,6H2,1H3. The Morgan fingerprint density at radius 1 is 1.56 bits per heavy atom. The summed E-state index contributed by atoms with van der Waals surface area (Å²) in [7, 11) is 0. The molecule has 2 rings (SSSR count). The zero-order valence-electron chi connectivity index (χ0n) is 9.51. The minimum Gasteiger partial charge on any atom is -0.371 e. The average molecular weight is 268 g/mol. The first-order chi connectivity index (χ1) is 8.58. The lowest BCUT2D eigenvalue weighted by atomic mass is 10.2. The van der Waals surface area contributed by atoms with E-state index in [-0.39, 0.29) is 17.9 Å². The van der Waals surface area contributed by atoms with Gasteiger partial charge in [-0.1, -0.05) is 22.8 Å². The van der Waals surface area contributed by atoms with Crippen LogP contribution in [0.5, 0.6) is 0 Å². The maximum Gasteiger partial charge on any atom is 0.293 e. The SMILES string of the molecule is Cc1cc(CNc2c(Cl)cccc2[N+](=O)[O-])on1. The van der Waals surface area contributed by atoms with Crippen LogP contribution in [-0.2, 0) is 6.54 Å². The zero-order chi connectivity index (χ0) is 13.1. The molecule has 1 aromatic carbocycles. The smallest absolute Gasteiger partial charge is 0.293 e. The third-order valence-electron chi connectivity index (χ3n) is 2.30. The fraction of sp³-hybridized carbons (Fsp3) is 0.182. The maximum atomic E-state index is 10.9. The summed E-state index contributed by atoms with van der Waals surface area (Å²) in [6.07, 6.45) is 0. The topological polar surface area (TPSA) is 81.2 Å². The second-order valence-corrected chi connectivity index (χ2v) is 4.09. The van der Waals surface area contributed by atoms with Crippen molar-refractivity contribution in [2.75, 3.05) is 5.32 Å². The van der Waals surface area contributed by atoms with Crippen LogP contribution in [0.3, 0.4) is 0 Å². The number of hydrogen-bond donors (Lipinski definition) is 1.